The first-order chi connectivity index (χ1) is 17.1. The molecule has 0 aliphatic heterocycles. The molecule has 3 aromatic carbocycles. The molecule has 1 N–H and O–H groups in total. The van der Waals surface area contributed by atoms with Crippen LogP contribution in [-0.2, 0) is 21.4 Å². The van der Waals surface area contributed by atoms with Gasteiger partial charge in [-0.25, -0.2) is 13.8 Å². The summed E-state index contributed by atoms with van der Waals surface area (Å²) in [6.07, 6.45) is 1.41. The molecule has 0 spiro atoms. The second-order valence-corrected chi connectivity index (χ2v) is 11.1. The largest absolute Gasteiger partial charge is 0.493 e. The van der Waals surface area contributed by atoms with Gasteiger partial charge in [-0.1, -0.05) is 45.2 Å². The van der Waals surface area contributed by atoms with E-state index < -0.39 is 22.5 Å². The Bertz CT molecular complexity index is 1370. The van der Waals surface area contributed by atoms with Crippen LogP contribution in [0.2, 0.25) is 10.0 Å². The molecule has 3 aromatic rings. The minimum atomic E-state index is -4.05. The fraction of sp³-hybridized carbons (Fsp3) is 0.167. The number of carbonyl (C=O) groups excluding carboxylic acids is 1. The summed E-state index contributed by atoms with van der Waals surface area (Å²) in [5, 5.41) is 4.63. The van der Waals surface area contributed by atoms with Gasteiger partial charge in [0.05, 0.1) is 31.9 Å². The minimum Gasteiger partial charge on any atom is -0.493 e. The van der Waals surface area contributed by atoms with Crippen LogP contribution in [0.1, 0.15) is 11.1 Å². The molecule has 0 radical (unpaired) electrons. The molecule has 0 bridgehead atoms. The minimum absolute atomic E-state index is 0.0254. The van der Waals surface area contributed by atoms with Crippen LogP contribution in [0.25, 0.3) is 0 Å². The van der Waals surface area contributed by atoms with Crippen molar-refractivity contribution in [3.63, 3.8) is 0 Å². The Morgan fingerprint density at radius 2 is 1.72 bits per heavy atom. The highest BCUT2D eigenvalue weighted by atomic mass is 79.9. The SMILES string of the molecule is COc1ccc(/C=N/NC(=O)CN(Cc2ccc(Cl)cc2Cl)S(=O)(=O)c2ccc(Br)cc2)cc1OC. The highest BCUT2D eigenvalue weighted by Crippen LogP contribution is 2.27. The van der Waals surface area contributed by atoms with Crippen molar-refractivity contribution in [3.05, 3.63) is 86.3 Å². The van der Waals surface area contributed by atoms with Crippen molar-refractivity contribution < 1.29 is 22.7 Å². The number of sulfonamides is 1. The van der Waals surface area contributed by atoms with Gasteiger partial charge in [-0.15, -0.1) is 0 Å². The van der Waals surface area contributed by atoms with Gasteiger partial charge >= 0.3 is 0 Å². The first-order valence-electron chi connectivity index (χ1n) is 10.4. The van der Waals surface area contributed by atoms with E-state index in [1.165, 1.54) is 38.6 Å². The number of rotatable bonds is 10. The molecule has 0 atom stereocenters. The lowest BCUT2D eigenvalue weighted by Gasteiger charge is -2.22. The monoisotopic (exact) mass is 613 g/mol. The lowest BCUT2D eigenvalue weighted by Crippen LogP contribution is -2.39. The fourth-order valence-electron chi connectivity index (χ4n) is 3.13. The fourth-order valence-corrected chi connectivity index (χ4v) is 5.24. The number of hydrogen-bond donors (Lipinski definition) is 1. The van der Waals surface area contributed by atoms with Crippen LogP contribution in [-0.4, -0.2) is 45.6 Å². The molecule has 0 fully saturated rings. The molecule has 0 aromatic heterocycles. The van der Waals surface area contributed by atoms with Gasteiger partial charge in [0.15, 0.2) is 11.5 Å². The standard InChI is InChI=1S/C24H22BrCl2N3O5S/c1-34-22-10-3-16(11-23(22)35-2)13-28-29-24(31)15-30(14-17-4-7-19(26)12-21(17)27)36(32,33)20-8-5-18(25)6-9-20/h3-13H,14-15H2,1-2H3,(H,29,31)/b28-13+. The van der Waals surface area contributed by atoms with Crippen LogP contribution in [0.3, 0.4) is 0 Å². The summed E-state index contributed by atoms with van der Waals surface area (Å²) in [7, 11) is -1.02. The number of benzene rings is 3. The number of methoxy groups -OCH3 is 2. The molecule has 190 valence electrons. The van der Waals surface area contributed by atoms with Crippen molar-refractivity contribution in [3.8, 4) is 11.5 Å². The zero-order valence-electron chi connectivity index (χ0n) is 19.2. The first-order valence-corrected chi connectivity index (χ1v) is 13.4. The summed E-state index contributed by atoms with van der Waals surface area (Å²) in [4.78, 5) is 12.7. The van der Waals surface area contributed by atoms with Crippen molar-refractivity contribution in [2.45, 2.75) is 11.4 Å². The Morgan fingerprint density at radius 1 is 1.03 bits per heavy atom. The Morgan fingerprint density at radius 3 is 2.36 bits per heavy atom. The van der Waals surface area contributed by atoms with Crippen molar-refractivity contribution in [2.24, 2.45) is 5.10 Å². The van der Waals surface area contributed by atoms with Crippen molar-refractivity contribution in [1.82, 2.24) is 9.73 Å². The maximum absolute atomic E-state index is 13.4. The van der Waals surface area contributed by atoms with Gasteiger partial charge in [0.2, 0.25) is 10.0 Å². The number of ether oxygens (including phenoxy) is 2. The topological polar surface area (TPSA) is 97.3 Å². The third-order valence-electron chi connectivity index (χ3n) is 4.94. The first kappa shape index (κ1) is 27.9. The van der Waals surface area contributed by atoms with Gasteiger partial charge in [-0.2, -0.15) is 9.41 Å². The van der Waals surface area contributed by atoms with E-state index in [9.17, 15) is 13.2 Å². The summed E-state index contributed by atoms with van der Waals surface area (Å²) in [5.41, 5.74) is 3.49. The number of carbonyl (C=O) groups is 1. The maximum Gasteiger partial charge on any atom is 0.255 e. The molecular formula is C24H22BrCl2N3O5S. The Labute approximate surface area is 228 Å². The van der Waals surface area contributed by atoms with E-state index in [2.05, 4.69) is 26.5 Å². The summed E-state index contributed by atoms with van der Waals surface area (Å²) in [5.74, 6) is 0.408. The summed E-state index contributed by atoms with van der Waals surface area (Å²) in [6.45, 7) is -0.651. The summed E-state index contributed by atoms with van der Waals surface area (Å²) in [6, 6.07) is 15.9. The van der Waals surface area contributed by atoms with E-state index in [4.69, 9.17) is 32.7 Å². The predicted molar refractivity (Wildman–Crippen MR) is 143 cm³/mol. The number of halogens is 3. The third-order valence-corrected chi connectivity index (χ3v) is 7.87. The Kier molecular flexibility index (Phi) is 9.75. The molecule has 0 saturated heterocycles. The smallest absolute Gasteiger partial charge is 0.255 e. The highest BCUT2D eigenvalue weighted by molar-refractivity contribution is 9.10. The zero-order valence-corrected chi connectivity index (χ0v) is 23.2. The van der Waals surface area contributed by atoms with Crippen LogP contribution < -0.4 is 14.9 Å². The van der Waals surface area contributed by atoms with E-state index >= 15 is 0 Å². The number of nitrogens with zero attached hydrogens (tertiary/aromatic N) is 2. The quantitative estimate of drug-likeness (QED) is 0.253. The average molecular weight is 615 g/mol. The Hall–Kier alpha value is -2.63. The van der Waals surface area contributed by atoms with Crippen LogP contribution >= 0.6 is 39.1 Å². The molecule has 0 saturated carbocycles. The second-order valence-electron chi connectivity index (χ2n) is 7.37. The van der Waals surface area contributed by atoms with Gasteiger partial charge in [-0.05, 0) is 65.7 Å². The average Bonchev–Trinajstić information content (AvgIpc) is 2.85. The Balaban J connectivity index is 1.81. The molecule has 36 heavy (non-hydrogen) atoms. The van der Waals surface area contributed by atoms with Crippen LogP contribution in [0, 0.1) is 0 Å². The third kappa shape index (κ3) is 7.21. The van der Waals surface area contributed by atoms with Gasteiger partial charge in [0.25, 0.3) is 5.91 Å². The summed E-state index contributed by atoms with van der Waals surface area (Å²) >= 11 is 15.5. The maximum atomic E-state index is 13.4. The lowest BCUT2D eigenvalue weighted by atomic mass is 10.2. The molecule has 12 heteroatoms. The van der Waals surface area contributed by atoms with E-state index in [1.54, 1.807) is 42.5 Å². The van der Waals surface area contributed by atoms with Crippen LogP contribution in [0.4, 0.5) is 0 Å². The van der Waals surface area contributed by atoms with Crippen molar-refractivity contribution >= 4 is 61.3 Å². The zero-order chi connectivity index (χ0) is 26.3. The van der Waals surface area contributed by atoms with Crippen LogP contribution in [0.5, 0.6) is 11.5 Å². The lowest BCUT2D eigenvalue weighted by molar-refractivity contribution is -0.121. The number of hydrazone groups is 1. The van der Waals surface area contributed by atoms with Gasteiger partial charge in [0.1, 0.15) is 0 Å². The van der Waals surface area contributed by atoms with E-state index in [-0.39, 0.29) is 16.5 Å². The van der Waals surface area contributed by atoms with Gasteiger partial charge in [0, 0.05) is 21.1 Å². The number of hydrogen-bond acceptors (Lipinski definition) is 6. The highest BCUT2D eigenvalue weighted by Gasteiger charge is 2.27. The molecule has 0 unspecified atom stereocenters. The molecule has 1 amide bonds. The molecular weight excluding hydrogens is 593 g/mol. The molecule has 3 rings (SSSR count). The van der Waals surface area contributed by atoms with Gasteiger partial charge < -0.3 is 9.47 Å². The summed E-state index contributed by atoms with van der Waals surface area (Å²) < 4.78 is 39.0. The predicted octanol–water partition coefficient (Wildman–Crippen LogP) is 5.11. The number of nitrogens with one attached hydrogen (secondary N) is 1. The molecule has 0 heterocycles. The van der Waals surface area contributed by atoms with E-state index in [0.717, 1.165) is 8.78 Å². The number of amides is 1. The van der Waals surface area contributed by atoms with Crippen molar-refractivity contribution in [1.29, 1.82) is 0 Å². The van der Waals surface area contributed by atoms with Gasteiger partial charge in [-0.3, -0.25) is 4.79 Å². The molecule has 0 aliphatic rings. The second kappa shape index (κ2) is 12.6. The van der Waals surface area contributed by atoms with E-state index in [0.29, 0.717) is 27.6 Å². The molecule has 8 nitrogen and oxygen atoms in total. The molecule has 0 aliphatic carbocycles. The van der Waals surface area contributed by atoms with Crippen molar-refractivity contribution in [2.75, 3.05) is 20.8 Å². The normalized spacial score (nSPS) is 11.6. The van der Waals surface area contributed by atoms with E-state index in [1.807, 2.05) is 0 Å². The van der Waals surface area contributed by atoms with Crippen LogP contribution in [0.15, 0.2) is 75.1 Å².